The van der Waals surface area contributed by atoms with Gasteiger partial charge in [0, 0.05) is 52.7 Å². The maximum atomic E-state index is 9.19. The Balaban J connectivity index is 0.000000412. The molecule has 0 aliphatic carbocycles. The van der Waals surface area contributed by atoms with Crippen molar-refractivity contribution in [3.8, 4) is 0 Å². The van der Waals surface area contributed by atoms with Gasteiger partial charge >= 0.3 is 0 Å². The van der Waals surface area contributed by atoms with Gasteiger partial charge in [0.05, 0.1) is 12.5 Å². The summed E-state index contributed by atoms with van der Waals surface area (Å²) in [4.78, 5) is 9.47. The van der Waals surface area contributed by atoms with E-state index in [-0.39, 0.29) is 0 Å². The summed E-state index contributed by atoms with van der Waals surface area (Å²) in [6, 6.07) is 16.7. The fourth-order valence-electron chi connectivity index (χ4n) is 3.90. The van der Waals surface area contributed by atoms with Gasteiger partial charge in [-0.05, 0) is 54.8 Å². The average molecular weight is 591 g/mol. The van der Waals surface area contributed by atoms with Crippen molar-refractivity contribution in [1.82, 2.24) is 9.80 Å². The number of nitrogens with zero attached hydrogens (tertiary/aromatic N) is 2. The van der Waals surface area contributed by atoms with Gasteiger partial charge in [-0.1, -0.05) is 43.8 Å². The molecular formula is C25H38N2O6S4. The lowest BCUT2D eigenvalue weighted by atomic mass is 9.96. The van der Waals surface area contributed by atoms with Crippen LogP contribution in [0.5, 0.6) is 0 Å². The molecule has 1 saturated heterocycles. The van der Waals surface area contributed by atoms with E-state index in [9.17, 15) is 16.8 Å². The van der Waals surface area contributed by atoms with E-state index in [2.05, 4.69) is 73.2 Å². The second-order valence-corrected chi connectivity index (χ2v) is 14.7. The fourth-order valence-corrected chi connectivity index (χ4v) is 5.92. The Morgan fingerprint density at radius 1 is 0.946 bits per heavy atom. The van der Waals surface area contributed by atoms with Crippen LogP contribution in [0.15, 0.2) is 57.2 Å². The van der Waals surface area contributed by atoms with Crippen LogP contribution in [0.3, 0.4) is 0 Å². The molecule has 4 rings (SSSR count). The molecule has 37 heavy (non-hydrogen) atoms. The number of piperazine rings is 1. The Kier molecular flexibility index (Phi) is 12.4. The van der Waals surface area contributed by atoms with Crippen molar-refractivity contribution in [2.75, 3.05) is 51.5 Å². The summed E-state index contributed by atoms with van der Waals surface area (Å²) in [7, 11) is -5.09. The standard InChI is InChI=1S/C23H30N2S2.2CH4O3S/c1-17(2)16-26-19-8-9-23-20(15-19)21(25-12-10-24(3)11-13-25)14-18-6-4-5-7-22(18)27-23;2*1-5(2,3)4/h4-9,15,17,21H,10-14,16H2,1-3H3;2*1H3,(H,2,3,4). The number of likely N-dealkylation sites (N-methyl/N-ethyl adjacent to an activating group) is 1. The van der Waals surface area contributed by atoms with Crippen molar-refractivity contribution in [3.63, 3.8) is 0 Å². The number of thioether (sulfide) groups is 1. The largest absolute Gasteiger partial charge is 0.304 e. The highest BCUT2D eigenvalue weighted by Crippen LogP contribution is 2.44. The molecule has 0 bridgehead atoms. The highest BCUT2D eigenvalue weighted by atomic mass is 32.2. The molecule has 8 nitrogen and oxygen atoms in total. The molecule has 0 saturated carbocycles. The van der Waals surface area contributed by atoms with E-state index in [0.29, 0.717) is 18.6 Å². The maximum Gasteiger partial charge on any atom is 0.261 e. The average Bonchev–Trinajstić information content (AvgIpc) is 2.92. The molecule has 2 aromatic rings. The molecule has 2 heterocycles. The Hall–Kier alpha value is -1.12. The molecule has 1 fully saturated rings. The van der Waals surface area contributed by atoms with Crippen LogP contribution in [0.25, 0.3) is 0 Å². The van der Waals surface area contributed by atoms with Crippen LogP contribution in [-0.4, -0.2) is 87.2 Å². The van der Waals surface area contributed by atoms with Crippen molar-refractivity contribution in [2.45, 2.75) is 41.0 Å². The minimum absolute atomic E-state index is 0.490. The van der Waals surface area contributed by atoms with Gasteiger partial charge < -0.3 is 4.90 Å². The molecule has 0 amide bonds. The van der Waals surface area contributed by atoms with Crippen molar-refractivity contribution in [3.05, 3.63) is 53.6 Å². The number of benzene rings is 2. The minimum atomic E-state index is -3.67. The number of rotatable bonds is 4. The first-order valence-electron chi connectivity index (χ1n) is 11.9. The van der Waals surface area contributed by atoms with Crippen molar-refractivity contribution in [2.24, 2.45) is 5.92 Å². The van der Waals surface area contributed by atoms with Gasteiger partial charge in [-0.3, -0.25) is 14.0 Å². The Morgan fingerprint density at radius 2 is 1.51 bits per heavy atom. The lowest BCUT2D eigenvalue weighted by molar-refractivity contribution is 0.109. The first kappa shape index (κ1) is 32.1. The van der Waals surface area contributed by atoms with Gasteiger partial charge in [-0.25, -0.2) is 0 Å². The summed E-state index contributed by atoms with van der Waals surface area (Å²) < 4.78 is 51.7. The minimum Gasteiger partial charge on any atom is -0.304 e. The van der Waals surface area contributed by atoms with E-state index in [4.69, 9.17) is 9.11 Å². The first-order valence-corrected chi connectivity index (χ1v) is 17.4. The summed E-state index contributed by atoms with van der Waals surface area (Å²) in [6.45, 7) is 9.27. The van der Waals surface area contributed by atoms with E-state index >= 15 is 0 Å². The third kappa shape index (κ3) is 13.0. The molecule has 1 unspecified atom stereocenters. The number of fused-ring (bicyclic) bond motifs is 2. The van der Waals surface area contributed by atoms with Crippen LogP contribution in [0, 0.1) is 5.92 Å². The predicted octanol–water partition coefficient (Wildman–Crippen LogP) is 4.44. The molecule has 0 spiro atoms. The lowest BCUT2D eigenvalue weighted by Crippen LogP contribution is -2.46. The number of hydrogen-bond acceptors (Lipinski definition) is 8. The molecule has 12 heteroatoms. The van der Waals surface area contributed by atoms with Crippen LogP contribution in [0.1, 0.15) is 31.0 Å². The third-order valence-electron chi connectivity index (χ3n) is 5.51. The van der Waals surface area contributed by atoms with Crippen molar-refractivity contribution >= 4 is 43.8 Å². The highest BCUT2D eigenvalue weighted by molar-refractivity contribution is 7.99. The zero-order chi connectivity index (χ0) is 27.8. The van der Waals surface area contributed by atoms with E-state index in [1.54, 1.807) is 0 Å². The van der Waals surface area contributed by atoms with Gasteiger partial charge in [0.2, 0.25) is 0 Å². The highest BCUT2D eigenvalue weighted by Gasteiger charge is 2.29. The molecule has 0 aromatic heterocycles. The van der Waals surface area contributed by atoms with Crippen LogP contribution in [0.4, 0.5) is 0 Å². The van der Waals surface area contributed by atoms with Crippen LogP contribution in [-0.2, 0) is 26.7 Å². The smallest absolute Gasteiger partial charge is 0.261 e. The Morgan fingerprint density at radius 3 is 2.08 bits per heavy atom. The Labute approximate surface area is 230 Å². The van der Waals surface area contributed by atoms with Crippen LogP contribution in [0.2, 0.25) is 0 Å². The van der Waals surface area contributed by atoms with E-state index < -0.39 is 20.2 Å². The first-order chi connectivity index (χ1) is 17.1. The zero-order valence-electron chi connectivity index (χ0n) is 22.0. The van der Waals surface area contributed by atoms with Gasteiger partial charge in [-0.15, -0.1) is 11.8 Å². The quantitative estimate of drug-likeness (QED) is 0.391. The summed E-state index contributed by atoms with van der Waals surface area (Å²) in [5.41, 5.74) is 3.04. The zero-order valence-corrected chi connectivity index (χ0v) is 25.3. The lowest BCUT2D eigenvalue weighted by Gasteiger charge is -2.38. The van der Waals surface area contributed by atoms with Crippen LogP contribution >= 0.6 is 23.5 Å². The van der Waals surface area contributed by atoms with Crippen molar-refractivity contribution in [1.29, 1.82) is 0 Å². The topological polar surface area (TPSA) is 115 Å². The molecule has 2 N–H and O–H groups in total. The van der Waals surface area contributed by atoms with Gasteiger partial charge in [0.15, 0.2) is 0 Å². The molecule has 2 aliphatic rings. The predicted molar refractivity (Wildman–Crippen MR) is 153 cm³/mol. The normalized spacial score (nSPS) is 18.4. The van der Waals surface area contributed by atoms with Crippen LogP contribution < -0.4 is 0 Å². The Bertz CT molecular complexity index is 1180. The maximum absolute atomic E-state index is 9.19. The summed E-state index contributed by atoms with van der Waals surface area (Å²) in [6.07, 6.45) is 2.55. The molecule has 2 aromatic carbocycles. The summed E-state index contributed by atoms with van der Waals surface area (Å²) >= 11 is 3.96. The molecule has 1 atom stereocenters. The van der Waals surface area contributed by atoms with Gasteiger partial charge in [0.25, 0.3) is 20.2 Å². The summed E-state index contributed by atoms with van der Waals surface area (Å²) in [5, 5.41) is 0. The molecule has 0 radical (unpaired) electrons. The summed E-state index contributed by atoms with van der Waals surface area (Å²) in [5.74, 6) is 1.91. The van der Waals surface area contributed by atoms with E-state index in [1.165, 1.54) is 44.7 Å². The third-order valence-corrected chi connectivity index (χ3v) is 8.14. The van der Waals surface area contributed by atoms with E-state index in [1.807, 2.05) is 23.5 Å². The fraction of sp³-hybridized carbons (Fsp3) is 0.520. The molecule has 208 valence electrons. The van der Waals surface area contributed by atoms with E-state index in [0.717, 1.165) is 25.4 Å². The second kappa shape index (κ2) is 14.3. The number of hydrogen-bond donors (Lipinski definition) is 2. The van der Waals surface area contributed by atoms with Gasteiger partial charge in [0.1, 0.15) is 0 Å². The molecule has 2 aliphatic heterocycles. The van der Waals surface area contributed by atoms with Crippen molar-refractivity contribution < 1.29 is 25.9 Å². The monoisotopic (exact) mass is 590 g/mol. The second-order valence-electron chi connectivity index (χ2n) is 9.64. The SMILES string of the molecule is CC(C)CSc1ccc2c(c1)C(N1CCN(C)CC1)Cc1ccccc1S2.CS(=O)(=O)O.CS(=O)(=O)O. The molecular weight excluding hydrogens is 553 g/mol. The van der Waals surface area contributed by atoms with Gasteiger partial charge in [-0.2, -0.15) is 16.8 Å².